The average Bonchev–Trinajstić information content (AvgIpc) is 0.796. The second kappa shape index (κ2) is 53.2. The molecule has 3 amide bonds. The number of hydrogen-bond acceptors (Lipinski definition) is 14. The van der Waals surface area contributed by atoms with Crippen molar-refractivity contribution in [3.05, 3.63) is 367 Å². The van der Waals surface area contributed by atoms with Gasteiger partial charge in [-0.25, -0.2) is 45.9 Å². The van der Waals surface area contributed by atoms with Gasteiger partial charge < -0.3 is 51.5 Å². The minimum atomic E-state index is -1.000. The zero-order valence-electron chi connectivity index (χ0n) is 74.6. The summed E-state index contributed by atoms with van der Waals surface area (Å²) in [5.41, 5.74) is 29.7. The van der Waals surface area contributed by atoms with Gasteiger partial charge in [-0.15, -0.1) is 0 Å². The Labute approximate surface area is 779 Å². The van der Waals surface area contributed by atoms with Gasteiger partial charge in [-0.2, -0.15) is 0 Å². The Morgan fingerprint density at radius 2 is 0.656 bits per heavy atom. The number of esters is 2. The maximum absolute atomic E-state index is 13.0. The second-order valence-corrected chi connectivity index (χ2v) is 33.6. The van der Waals surface area contributed by atoms with Crippen LogP contribution in [0, 0.1) is 29.1 Å². The smallest absolute Gasteiger partial charge is 0.407 e. The van der Waals surface area contributed by atoms with E-state index in [2.05, 4.69) is 86.8 Å². The molecule has 0 unspecified atom stereocenters. The van der Waals surface area contributed by atoms with Crippen LogP contribution < -0.4 is 27.4 Å². The Morgan fingerprint density at radius 1 is 0.366 bits per heavy atom. The number of carbonyl (C=O) groups excluding carboxylic acids is 5. The highest BCUT2D eigenvalue weighted by atomic mass is 79.9. The van der Waals surface area contributed by atoms with Crippen molar-refractivity contribution in [3.8, 4) is 55.6 Å². The molecule has 0 spiro atoms. The van der Waals surface area contributed by atoms with Crippen LogP contribution in [0.1, 0.15) is 105 Å². The van der Waals surface area contributed by atoms with Crippen molar-refractivity contribution in [2.75, 3.05) is 59.0 Å². The number of carboxylic acids is 1. The van der Waals surface area contributed by atoms with Crippen LogP contribution in [0.3, 0.4) is 0 Å². The third kappa shape index (κ3) is 36.8. The van der Waals surface area contributed by atoms with Gasteiger partial charge in [-0.1, -0.05) is 226 Å². The molecule has 12 aromatic rings. The molecule has 14 rings (SSSR count). The zero-order chi connectivity index (χ0) is 94.8. The van der Waals surface area contributed by atoms with Crippen LogP contribution >= 0.6 is 31.9 Å². The minimum Gasteiger partial charge on any atom is -0.477 e. The molecule has 0 saturated heterocycles. The summed E-state index contributed by atoms with van der Waals surface area (Å²) in [4.78, 5) is 77.0. The molecular weight excluding hydrogens is 1800 g/mol. The number of alkyl carbamates (subject to hydrolysis) is 2. The maximum atomic E-state index is 13.0. The molecule has 684 valence electrons. The van der Waals surface area contributed by atoms with E-state index in [1.807, 2.05) is 169 Å². The number of nitrogens with zero attached hydrogens (tertiary/aromatic N) is 2. The van der Waals surface area contributed by atoms with Crippen LogP contribution in [0.5, 0.6) is 0 Å². The van der Waals surface area contributed by atoms with Gasteiger partial charge in [0.1, 0.15) is 40.3 Å². The summed E-state index contributed by atoms with van der Waals surface area (Å²) in [7, 11) is 0. The number of hydrogen-bond donors (Lipinski definition) is 6. The van der Waals surface area contributed by atoms with Gasteiger partial charge in [-0.3, -0.25) is 14.8 Å². The number of carboxylic acid groups (broad SMARTS) is 1. The summed E-state index contributed by atoms with van der Waals surface area (Å²) >= 11 is 6.80. The van der Waals surface area contributed by atoms with E-state index in [4.69, 9.17) is 30.8 Å². The number of aliphatic imine (C=N–C) groups is 2. The van der Waals surface area contributed by atoms with Gasteiger partial charge in [0.05, 0.1) is 13.2 Å². The van der Waals surface area contributed by atoms with Crippen LogP contribution in [0.2, 0.25) is 0 Å². The zero-order valence-corrected chi connectivity index (χ0v) is 77.8. The number of amides is 3. The number of rotatable bonds is 22. The fourth-order valence-electron chi connectivity index (χ4n) is 13.2. The van der Waals surface area contributed by atoms with Crippen molar-refractivity contribution in [3.63, 3.8) is 0 Å². The van der Waals surface area contributed by atoms with Crippen LogP contribution in [0.25, 0.3) is 55.6 Å². The van der Waals surface area contributed by atoms with Crippen molar-refractivity contribution in [1.82, 2.24) is 16.0 Å². The molecule has 0 fully saturated rings. The monoisotopic (exact) mass is 1910 g/mol. The van der Waals surface area contributed by atoms with Crippen LogP contribution in [-0.2, 0) is 83.1 Å². The molecule has 25 heteroatoms. The summed E-state index contributed by atoms with van der Waals surface area (Å²) in [6.45, 7) is 18.8. The molecule has 2 heterocycles. The summed E-state index contributed by atoms with van der Waals surface area (Å²) in [6.07, 6.45) is 4.63. The quantitative estimate of drug-likeness (QED) is 0.0160. The molecule has 18 nitrogen and oxygen atoms in total. The van der Waals surface area contributed by atoms with Gasteiger partial charge in [0.2, 0.25) is 0 Å². The predicted molar refractivity (Wildman–Crippen MR) is 517 cm³/mol. The third-order valence-electron chi connectivity index (χ3n) is 19.3. The van der Waals surface area contributed by atoms with E-state index in [0.717, 1.165) is 131 Å². The average molecular weight is 1910 g/mol. The van der Waals surface area contributed by atoms with Crippen molar-refractivity contribution < 1.29 is 74.8 Å². The Morgan fingerprint density at radius 3 is 0.977 bits per heavy atom. The van der Waals surface area contributed by atoms with Gasteiger partial charge in [0.25, 0.3) is 0 Å². The normalized spacial score (nSPS) is 11.5. The molecule has 0 aliphatic carbocycles. The van der Waals surface area contributed by atoms with Gasteiger partial charge in [0, 0.05) is 52.8 Å². The van der Waals surface area contributed by atoms with Crippen LogP contribution in [0.4, 0.5) is 31.5 Å². The van der Waals surface area contributed by atoms with E-state index >= 15 is 0 Å². The molecule has 2 aliphatic heterocycles. The molecule has 0 radical (unpaired) electrons. The molecule has 0 saturated carbocycles. The number of fused-ring (bicyclic) bond motifs is 2. The summed E-state index contributed by atoms with van der Waals surface area (Å²) in [6, 6.07) is 83.5. The van der Waals surface area contributed by atoms with E-state index in [9.17, 15) is 50.7 Å². The lowest BCUT2D eigenvalue weighted by atomic mass is 9.93. The van der Waals surface area contributed by atoms with E-state index in [-0.39, 0.29) is 53.5 Å². The lowest BCUT2D eigenvalue weighted by Gasteiger charge is -2.19. The topological polar surface area (TPSA) is 272 Å². The number of ether oxygens (including phenoxy) is 4. The molecule has 2 aliphatic rings. The highest BCUT2D eigenvalue weighted by molar-refractivity contribution is 9.10. The third-order valence-corrected chi connectivity index (χ3v) is 20.3. The standard InChI is InChI=1S/C19H22FNO2.C18H18FNO3.C18H16FNO2.C16H12FNO2.C14H14FN.C13H18BrNO2.C8H10BrN/c1-19(2,3)23-18(22)21-12-11-14-5-4-6-16(13-14)15-7-9-17(20)10-8-15;1-2-23-18(22)17(21)20-11-10-13-4-3-5-15(12-13)14-6-8-16(19)9-7-14;1-2-22-18(21)17-16-8-5-13(11-14(16)9-10-20-17)12-3-6-15(19)7-4-12;17-13-4-1-10(2-5-13)11-3-6-14-12(9-11)7-8-18-15(14)16(19)20;15-14-6-4-12(5-7-14)13-3-1-2-11(10-13)8-9-16;1-13(2,3)17-12(16)15-8-7-10-5-4-6-11(14)9-10;9-8-3-1-2-7(6-8)4-5-10/h4-10,13H,11-12H2,1-3H3,(H,21,22);3-9,12H,2,10-11H2,1H3,(H,20,21);3-8,11H,2,9-10H2,1H3;1-6,9H,7-8H2,(H,19,20);1-7,10H,8-9,16H2;4-6,9H,7-8H2,1-3H3,(H,15,16);1-3,6H,4-5,10H2. The number of carbonyl (C=O) groups is 6. The highest BCUT2D eigenvalue weighted by Gasteiger charge is 2.24. The molecule has 8 N–H and O–H groups in total. The summed E-state index contributed by atoms with van der Waals surface area (Å²) < 4.78 is 86.9. The van der Waals surface area contributed by atoms with Gasteiger partial charge >= 0.3 is 36.0 Å². The number of aliphatic carboxylic acids is 1. The largest absolute Gasteiger partial charge is 0.477 e. The van der Waals surface area contributed by atoms with Crippen molar-refractivity contribution in [2.24, 2.45) is 21.5 Å². The number of benzene rings is 12. The Hall–Kier alpha value is -13.1. The molecule has 131 heavy (non-hydrogen) atoms. The lowest BCUT2D eigenvalue weighted by molar-refractivity contribution is -0.154. The molecule has 0 aromatic heterocycles. The first-order valence-corrected chi connectivity index (χ1v) is 44.4. The fraction of sp³-hybridized carbons (Fsp3) is 0.245. The van der Waals surface area contributed by atoms with Crippen molar-refractivity contribution in [2.45, 2.75) is 112 Å². The first-order valence-electron chi connectivity index (χ1n) is 42.9. The second-order valence-electron chi connectivity index (χ2n) is 31.8. The number of halogens is 7. The molecule has 12 aromatic carbocycles. The van der Waals surface area contributed by atoms with Crippen LogP contribution in [0.15, 0.2) is 298 Å². The Bertz CT molecular complexity index is 5790. The number of nitrogens with two attached hydrogens (primary N) is 2. The van der Waals surface area contributed by atoms with Gasteiger partial charge in [-0.05, 0) is 293 Å². The maximum Gasteiger partial charge on any atom is 0.407 e. The van der Waals surface area contributed by atoms with E-state index < -0.39 is 35.1 Å². The first-order chi connectivity index (χ1) is 62.7. The van der Waals surface area contributed by atoms with Gasteiger partial charge in [0.15, 0.2) is 11.4 Å². The fourth-order valence-corrected chi connectivity index (χ4v) is 14.1. The van der Waals surface area contributed by atoms with Crippen molar-refractivity contribution >= 4 is 79.3 Å². The van der Waals surface area contributed by atoms with E-state index in [1.54, 1.807) is 80.6 Å². The Kier molecular flexibility index (Phi) is 41.9. The highest BCUT2D eigenvalue weighted by Crippen LogP contribution is 2.30. The SMILES string of the molecule is CC(C)(C)OC(=O)NCCc1cccc(-c2ccc(F)cc2)c1.CC(C)(C)OC(=O)NCCc1cccc(Br)c1.CCOC(=O)C(=O)NCCc1cccc(-c2ccc(F)cc2)c1.CCOC(=O)C1=NCCc2cc(-c3ccc(F)cc3)ccc21.NCCc1cccc(-c2ccc(F)cc2)c1.NCCc1cccc(Br)c1.O=C(O)C1=NCCc2cc(-c3ccc(F)cc3)ccc21. The molecule has 0 bridgehead atoms. The van der Waals surface area contributed by atoms with E-state index in [1.165, 1.54) is 77.4 Å². The minimum absolute atomic E-state index is 0.122. The van der Waals surface area contributed by atoms with E-state index in [0.29, 0.717) is 70.0 Å². The predicted octanol–water partition coefficient (Wildman–Crippen LogP) is 22.1. The first kappa shape index (κ1) is 103. The van der Waals surface area contributed by atoms with Crippen molar-refractivity contribution in [1.29, 1.82) is 0 Å². The number of nitrogens with one attached hydrogen (secondary N) is 3. The molecule has 0 atom stereocenters. The summed E-state index contributed by atoms with van der Waals surface area (Å²) in [5.74, 6) is -4.22. The van der Waals surface area contributed by atoms with Crippen LogP contribution in [-0.4, -0.2) is 123 Å². The summed E-state index contributed by atoms with van der Waals surface area (Å²) in [5, 5.41) is 17.1. The molecular formula is C106H110Br2F5N7O11. The Balaban J connectivity index is 0.000000191. The lowest BCUT2D eigenvalue weighted by Crippen LogP contribution is -2.33.